The molecule has 0 radical (unpaired) electrons. The van der Waals surface area contributed by atoms with Gasteiger partial charge >= 0.3 is 0 Å². The van der Waals surface area contributed by atoms with Crippen molar-refractivity contribution in [2.45, 2.75) is 37.0 Å². The number of thioether (sulfide) groups is 1. The molecule has 0 spiro atoms. The van der Waals surface area contributed by atoms with E-state index in [1.54, 1.807) is 17.8 Å². The molecule has 0 aliphatic rings. The molecule has 0 atom stereocenters. The van der Waals surface area contributed by atoms with Crippen molar-refractivity contribution >= 4 is 35.0 Å². The number of rotatable bonds is 3. The molecule has 106 valence electrons. The summed E-state index contributed by atoms with van der Waals surface area (Å²) in [4.78, 5) is 8.87. The van der Waals surface area contributed by atoms with E-state index in [2.05, 4.69) is 30.7 Å². The Bertz CT molecular complexity index is 609. The fourth-order valence-corrected chi connectivity index (χ4v) is 3.00. The van der Waals surface area contributed by atoms with Crippen LogP contribution >= 0.6 is 35.0 Å². The van der Waals surface area contributed by atoms with Gasteiger partial charge in [-0.15, -0.1) is 11.8 Å². The molecule has 0 unspecified atom stereocenters. The summed E-state index contributed by atoms with van der Waals surface area (Å²) in [6, 6.07) is 9.61. The normalized spacial score (nSPS) is 11.7. The summed E-state index contributed by atoms with van der Waals surface area (Å²) in [5.74, 6) is 1.52. The predicted molar refractivity (Wildman–Crippen MR) is 86.8 cm³/mol. The minimum Gasteiger partial charge on any atom is -0.226 e. The fraction of sp³-hybridized carbons (Fsp3) is 0.333. The summed E-state index contributed by atoms with van der Waals surface area (Å²) in [5, 5.41) is 2.12. The van der Waals surface area contributed by atoms with Crippen LogP contribution in [0.3, 0.4) is 0 Å². The van der Waals surface area contributed by atoms with E-state index < -0.39 is 0 Å². The Morgan fingerprint density at radius 2 is 1.80 bits per heavy atom. The number of benzene rings is 1. The van der Waals surface area contributed by atoms with E-state index in [-0.39, 0.29) is 5.41 Å². The third kappa shape index (κ3) is 4.11. The number of aromatic nitrogens is 2. The van der Waals surface area contributed by atoms with Gasteiger partial charge in [-0.05, 0) is 11.6 Å². The first-order valence-corrected chi connectivity index (χ1v) is 8.01. The summed E-state index contributed by atoms with van der Waals surface area (Å²) < 4.78 is 0. The first-order chi connectivity index (χ1) is 9.36. The second kappa shape index (κ2) is 6.33. The largest absolute Gasteiger partial charge is 0.226 e. The van der Waals surface area contributed by atoms with E-state index in [1.165, 1.54) is 0 Å². The zero-order valence-corrected chi connectivity index (χ0v) is 14.0. The lowest BCUT2D eigenvalue weighted by Crippen LogP contribution is -2.16. The third-order valence-electron chi connectivity index (χ3n) is 2.68. The Morgan fingerprint density at radius 3 is 2.45 bits per heavy atom. The van der Waals surface area contributed by atoms with Crippen LogP contribution in [0.1, 0.15) is 32.2 Å². The molecule has 5 heteroatoms. The molecule has 2 aromatic rings. The molecule has 0 amide bonds. The topological polar surface area (TPSA) is 25.8 Å². The van der Waals surface area contributed by atoms with Gasteiger partial charge in [-0.3, -0.25) is 0 Å². The van der Waals surface area contributed by atoms with Crippen LogP contribution in [0, 0.1) is 0 Å². The highest BCUT2D eigenvalue weighted by Gasteiger charge is 2.19. The number of nitrogens with zero attached hydrogens (tertiary/aromatic N) is 2. The molecular formula is C15H16Cl2N2S. The van der Waals surface area contributed by atoms with Crippen molar-refractivity contribution < 1.29 is 0 Å². The van der Waals surface area contributed by atoms with Gasteiger partial charge in [0.05, 0.1) is 0 Å². The van der Waals surface area contributed by atoms with Crippen LogP contribution in [0.25, 0.3) is 0 Å². The molecule has 2 nitrogen and oxygen atoms in total. The van der Waals surface area contributed by atoms with Crippen molar-refractivity contribution in [2.75, 3.05) is 0 Å². The molecule has 0 aliphatic carbocycles. The summed E-state index contributed by atoms with van der Waals surface area (Å²) in [6.45, 7) is 6.21. The van der Waals surface area contributed by atoms with Crippen LogP contribution < -0.4 is 0 Å². The highest BCUT2D eigenvalue weighted by molar-refractivity contribution is 7.98. The molecule has 20 heavy (non-hydrogen) atoms. The lowest BCUT2D eigenvalue weighted by Gasteiger charge is -2.17. The minimum atomic E-state index is -0.120. The maximum Gasteiger partial charge on any atom is 0.136 e. The van der Waals surface area contributed by atoms with E-state index in [1.807, 2.05) is 24.3 Å². The van der Waals surface area contributed by atoms with Gasteiger partial charge in [0.1, 0.15) is 16.0 Å². The summed E-state index contributed by atoms with van der Waals surface area (Å²) >= 11 is 13.8. The zero-order chi connectivity index (χ0) is 14.8. The lowest BCUT2D eigenvalue weighted by atomic mass is 9.96. The van der Waals surface area contributed by atoms with Crippen molar-refractivity contribution in [3.8, 4) is 0 Å². The van der Waals surface area contributed by atoms with Crippen LogP contribution in [0.2, 0.25) is 10.2 Å². The molecule has 0 fully saturated rings. The zero-order valence-electron chi connectivity index (χ0n) is 11.7. The Hall–Kier alpha value is -0.770. The monoisotopic (exact) mass is 326 g/mol. The van der Waals surface area contributed by atoms with Gasteiger partial charge in [-0.25, -0.2) is 9.97 Å². The predicted octanol–water partition coefficient (Wildman–Crippen LogP) is 5.37. The van der Waals surface area contributed by atoms with Crippen LogP contribution in [0.15, 0.2) is 35.4 Å². The average Bonchev–Trinajstić information content (AvgIpc) is 2.36. The molecule has 1 heterocycles. The quantitative estimate of drug-likeness (QED) is 0.559. The first-order valence-electron chi connectivity index (χ1n) is 6.27. The maximum atomic E-state index is 6.15. The van der Waals surface area contributed by atoms with Crippen LogP contribution in [-0.4, -0.2) is 9.97 Å². The van der Waals surface area contributed by atoms with E-state index in [4.69, 9.17) is 23.2 Å². The Kier molecular flexibility index (Phi) is 4.95. The third-order valence-corrected chi connectivity index (χ3v) is 4.20. The Labute approximate surface area is 133 Å². The molecule has 1 aromatic heterocycles. The van der Waals surface area contributed by atoms with E-state index in [9.17, 15) is 0 Å². The Balaban J connectivity index is 2.18. The molecule has 0 saturated heterocycles. The number of halogens is 2. The molecule has 0 N–H and O–H groups in total. The van der Waals surface area contributed by atoms with E-state index >= 15 is 0 Å². The van der Waals surface area contributed by atoms with Crippen LogP contribution in [0.4, 0.5) is 0 Å². The molecule has 1 aromatic carbocycles. The molecule has 0 bridgehead atoms. The lowest BCUT2D eigenvalue weighted by molar-refractivity contribution is 0.538. The smallest absolute Gasteiger partial charge is 0.136 e. The molecule has 0 aliphatic heterocycles. The van der Waals surface area contributed by atoms with Gasteiger partial charge in [0, 0.05) is 22.3 Å². The van der Waals surface area contributed by atoms with Gasteiger partial charge in [0.2, 0.25) is 0 Å². The fourth-order valence-electron chi connectivity index (χ4n) is 1.57. The van der Waals surface area contributed by atoms with Crippen molar-refractivity contribution in [1.82, 2.24) is 9.97 Å². The van der Waals surface area contributed by atoms with Crippen LogP contribution in [-0.2, 0) is 11.2 Å². The number of hydrogen-bond donors (Lipinski definition) is 0. The first kappa shape index (κ1) is 15.6. The van der Waals surface area contributed by atoms with E-state index in [0.717, 1.165) is 27.2 Å². The maximum absolute atomic E-state index is 6.15. The molecule has 2 rings (SSSR count). The molecule has 0 saturated carbocycles. The van der Waals surface area contributed by atoms with Gasteiger partial charge in [0.15, 0.2) is 0 Å². The van der Waals surface area contributed by atoms with E-state index in [0.29, 0.717) is 5.15 Å². The van der Waals surface area contributed by atoms with Crippen molar-refractivity contribution in [2.24, 2.45) is 0 Å². The van der Waals surface area contributed by atoms with Crippen molar-refractivity contribution in [1.29, 1.82) is 0 Å². The van der Waals surface area contributed by atoms with Gasteiger partial charge in [0.25, 0.3) is 0 Å². The van der Waals surface area contributed by atoms with Gasteiger partial charge < -0.3 is 0 Å². The Morgan fingerprint density at radius 1 is 1.10 bits per heavy atom. The average molecular weight is 327 g/mol. The summed E-state index contributed by atoms with van der Waals surface area (Å²) in [7, 11) is 0. The second-order valence-electron chi connectivity index (χ2n) is 5.48. The second-order valence-corrected chi connectivity index (χ2v) is 7.27. The van der Waals surface area contributed by atoms with Crippen molar-refractivity contribution in [3.05, 3.63) is 51.9 Å². The SMILES string of the molecule is CC(C)(C)c1nc(Cl)cc(SCc2ccccc2Cl)n1. The standard InChI is InChI=1S/C15H16Cl2N2S/c1-15(2,3)14-18-12(17)8-13(19-14)20-9-10-6-4-5-7-11(10)16/h4-8H,9H2,1-3H3. The summed E-state index contributed by atoms with van der Waals surface area (Å²) in [5.41, 5.74) is 0.969. The minimum absolute atomic E-state index is 0.120. The van der Waals surface area contributed by atoms with Crippen molar-refractivity contribution in [3.63, 3.8) is 0 Å². The highest BCUT2D eigenvalue weighted by Crippen LogP contribution is 2.28. The summed E-state index contributed by atoms with van der Waals surface area (Å²) in [6.07, 6.45) is 0. The molecular weight excluding hydrogens is 311 g/mol. The number of hydrogen-bond acceptors (Lipinski definition) is 3. The highest BCUT2D eigenvalue weighted by atomic mass is 35.5. The van der Waals surface area contributed by atoms with Crippen LogP contribution in [0.5, 0.6) is 0 Å². The van der Waals surface area contributed by atoms with Gasteiger partial charge in [-0.2, -0.15) is 0 Å². The van der Waals surface area contributed by atoms with Gasteiger partial charge in [-0.1, -0.05) is 62.2 Å².